The van der Waals surface area contributed by atoms with Crippen molar-refractivity contribution in [2.45, 2.75) is 50.4 Å². The Hall–Kier alpha value is -0.280. The molecule has 4 heteroatoms. The Morgan fingerprint density at radius 2 is 2.06 bits per heavy atom. The fourth-order valence-electron chi connectivity index (χ4n) is 2.32. The van der Waals surface area contributed by atoms with Crippen LogP contribution in [0.5, 0.6) is 0 Å². The van der Waals surface area contributed by atoms with Crippen LogP contribution in [0.25, 0.3) is 0 Å². The Kier molecular flexibility index (Phi) is 4.47. The van der Waals surface area contributed by atoms with Crippen LogP contribution in [0.2, 0.25) is 0 Å². The molecule has 1 aromatic rings. The molecule has 1 aliphatic carbocycles. The van der Waals surface area contributed by atoms with Crippen LogP contribution in [0.15, 0.2) is 5.38 Å². The van der Waals surface area contributed by atoms with Gasteiger partial charge in [0.05, 0.1) is 11.6 Å². The Morgan fingerprint density at radius 3 is 2.62 bits per heavy atom. The van der Waals surface area contributed by atoms with Gasteiger partial charge in [-0.3, -0.25) is 0 Å². The summed E-state index contributed by atoms with van der Waals surface area (Å²) >= 11 is 7.50. The second-order valence-corrected chi connectivity index (χ2v) is 5.62. The van der Waals surface area contributed by atoms with E-state index in [1.165, 1.54) is 38.5 Å². The number of rotatable bonds is 3. The zero-order valence-electron chi connectivity index (χ0n) is 9.79. The minimum atomic E-state index is 0.523. The smallest absolute Gasteiger partial charge is 0.185 e. The Bertz CT molecular complexity index is 319. The summed E-state index contributed by atoms with van der Waals surface area (Å²) in [5, 5.41) is 3.19. The maximum atomic E-state index is 5.78. The van der Waals surface area contributed by atoms with Gasteiger partial charge in [0.15, 0.2) is 5.13 Å². The van der Waals surface area contributed by atoms with Crippen LogP contribution in [-0.4, -0.2) is 18.1 Å². The van der Waals surface area contributed by atoms with E-state index in [4.69, 9.17) is 11.6 Å². The van der Waals surface area contributed by atoms with Crippen LogP contribution in [0.3, 0.4) is 0 Å². The van der Waals surface area contributed by atoms with Crippen molar-refractivity contribution >= 4 is 28.1 Å². The summed E-state index contributed by atoms with van der Waals surface area (Å²) in [6, 6.07) is 0.678. The number of nitrogens with zero attached hydrogens (tertiary/aromatic N) is 2. The molecule has 0 aliphatic heterocycles. The van der Waals surface area contributed by atoms with Crippen LogP contribution in [0, 0.1) is 0 Å². The fraction of sp³-hybridized carbons (Fsp3) is 0.750. The lowest BCUT2D eigenvalue weighted by Gasteiger charge is -2.26. The van der Waals surface area contributed by atoms with Gasteiger partial charge in [0.25, 0.3) is 0 Å². The number of aromatic nitrogens is 1. The molecule has 2 nitrogen and oxygen atoms in total. The highest BCUT2D eigenvalue weighted by Crippen LogP contribution is 2.27. The summed E-state index contributed by atoms with van der Waals surface area (Å²) in [7, 11) is 2.17. The van der Waals surface area contributed by atoms with E-state index < -0.39 is 0 Å². The Balaban J connectivity index is 2.01. The number of anilines is 1. The van der Waals surface area contributed by atoms with Gasteiger partial charge in [-0.2, -0.15) is 0 Å². The van der Waals surface area contributed by atoms with Crippen molar-refractivity contribution in [2.75, 3.05) is 11.9 Å². The lowest BCUT2D eigenvalue weighted by molar-refractivity contribution is 0.552. The van der Waals surface area contributed by atoms with Crippen molar-refractivity contribution in [3.05, 3.63) is 11.1 Å². The third kappa shape index (κ3) is 2.89. The van der Waals surface area contributed by atoms with Gasteiger partial charge < -0.3 is 4.90 Å². The van der Waals surface area contributed by atoms with Crippen molar-refractivity contribution in [1.29, 1.82) is 0 Å². The van der Waals surface area contributed by atoms with Crippen LogP contribution < -0.4 is 4.90 Å². The first-order valence-corrected chi connectivity index (χ1v) is 7.46. The molecule has 0 aromatic carbocycles. The quantitative estimate of drug-likeness (QED) is 0.601. The molecule has 0 radical (unpaired) electrons. The fourth-order valence-corrected chi connectivity index (χ4v) is 3.41. The summed E-state index contributed by atoms with van der Waals surface area (Å²) in [6.45, 7) is 0. The van der Waals surface area contributed by atoms with Crippen molar-refractivity contribution in [3.63, 3.8) is 0 Å². The Morgan fingerprint density at radius 1 is 1.38 bits per heavy atom. The monoisotopic (exact) mass is 258 g/mol. The van der Waals surface area contributed by atoms with Gasteiger partial charge in [-0.15, -0.1) is 22.9 Å². The van der Waals surface area contributed by atoms with Crippen molar-refractivity contribution in [3.8, 4) is 0 Å². The van der Waals surface area contributed by atoms with Crippen molar-refractivity contribution in [1.82, 2.24) is 4.98 Å². The molecule has 0 amide bonds. The predicted molar refractivity (Wildman–Crippen MR) is 71.6 cm³/mol. The third-order valence-corrected chi connectivity index (χ3v) is 4.60. The molecule has 2 rings (SSSR count). The predicted octanol–water partition coefficient (Wildman–Crippen LogP) is 4.04. The molecule has 0 unspecified atom stereocenters. The van der Waals surface area contributed by atoms with Gasteiger partial charge in [0.1, 0.15) is 0 Å². The minimum absolute atomic E-state index is 0.523. The molecule has 1 aromatic heterocycles. The molecule has 0 bridgehead atoms. The zero-order chi connectivity index (χ0) is 11.4. The third-order valence-electron chi connectivity index (χ3n) is 3.35. The van der Waals surface area contributed by atoms with Crippen LogP contribution >= 0.6 is 22.9 Å². The van der Waals surface area contributed by atoms with Gasteiger partial charge in [-0.1, -0.05) is 25.7 Å². The van der Waals surface area contributed by atoms with Crippen molar-refractivity contribution in [2.24, 2.45) is 0 Å². The SMILES string of the molecule is CN(c1nc(CCl)cs1)C1CCCCCC1. The first-order chi connectivity index (χ1) is 7.81. The first-order valence-electron chi connectivity index (χ1n) is 6.04. The highest BCUT2D eigenvalue weighted by Gasteiger charge is 2.19. The van der Waals surface area contributed by atoms with Crippen LogP contribution in [-0.2, 0) is 5.88 Å². The standard InChI is InChI=1S/C12H19ClN2S/c1-15(11-6-4-2-3-5-7-11)12-14-10(8-13)9-16-12/h9,11H,2-8H2,1H3. The van der Waals surface area contributed by atoms with Crippen LogP contribution in [0.4, 0.5) is 5.13 Å². The first kappa shape index (κ1) is 12.2. The molecule has 1 heterocycles. The molecule has 16 heavy (non-hydrogen) atoms. The molecule has 0 N–H and O–H groups in total. The summed E-state index contributed by atoms with van der Waals surface area (Å²) in [4.78, 5) is 6.90. The minimum Gasteiger partial charge on any atom is -0.348 e. The molecule has 0 saturated heterocycles. The molecule has 0 atom stereocenters. The number of hydrogen-bond donors (Lipinski definition) is 0. The highest BCUT2D eigenvalue weighted by atomic mass is 35.5. The van der Waals surface area contributed by atoms with E-state index in [2.05, 4.69) is 22.3 Å². The highest BCUT2D eigenvalue weighted by molar-refractivity contribution is 7.13. The van der Waals surface area contributed by atoms with Gasteiger partial charge >= 0.3 is 0 Å². The maximum Gasteiger partial charge on any atom is 0.185 e. The number of alkyl halides is 1. The van der Waals surface area contributed by atoms with Gasteiger partial charge in [0, 0.05) is 18.5 Å². The lowest BCUT2D eigenvalue weighted by atomic mass is 10.1. The molecule has 1 fully saturated rings. The van der Waals surface area contributed by atoms with E-state index in [-0.39, 0.29) is 0 Å². The number of hydrogen-bond acceptors (Lipinski definition) is 3. The summed E-state index contributed by atoms with van der Waals surface area (Å²) < 4.78 is 0. The van der Waals surface area contributed by atoms with E-state index in [0.717, 1.165) is 10.8 Å². The average Bonchev–Trinajstić information content (AvgIpc) is 2.62. The normalized spacial score (nSPS) is 18.4. The average molecular weight is 259 g/mol. The number of halogens is 1. The summed E-state index contributed by atoms with van der Waals surface area (Å²) in [6.07, 6.45) is 8.15. The largest absolute Gasteiger partial charge is 0.348 e. The van der Waals surface area contributed by atoms with E-state index in [0.29, 0.717) is 11.9 Å². The van der Waals surface area contributed by atoms with Gasteiger partial charge in [-0.05, 0) is 12.8 Å². The maximum absolute atomic E-state index is 5.78. The second-order valence-electron chi connectivity index (χ2n) is 4.51. The number of thiazole rings is 1. The second kappa shape index (κ2) is 5.87. The summed E-state index contributed by atoms with van der Waals surface area (Å²) in [5.74, 6) is 0.523. The molecular weight excluding hydrogens is 240 g/mol. The topological polar surface area (TPSA) is 16.1 Å². The van der Waals surface area contributed by atoms with E-state index in [1.807, 2.05) is 0 Å². The summed E-state index contributed by atoms with van der Waals surface area (Å²) in [5.41, 5.74) is 1.00. The van der Waals surface area contributed by atoms with Crippen LogP contribution in [0.1, 0.15) is 44.2 Å². The lowest BCUT2D eigenvalue weighted by Crippen LogP contribution is -2.30. The van der Waals surface area contributed by atoms with Gasteiger partial charge in [-0.25, -0.2) is 4.98 Å². The van der Waals surface area contributed by atoms with E-state index >= 15 is 0 Å². The van der Waals surface area contributed by atoms with Crippen molar-refractivity contribution < 1.29 is 0 Å². The zero-order valence-corrected chi connectivity index (χ0v) is 11.4. The molecule has 1 saturated carbocycles. The molecule has 90 valence electrons. The molecular formula is C12H19ClN2S. The molecule has 0 spiro atoms. The Labute approximate surface area is 107 Å². The van der Waals surface area contributed by atoms with E-state index in [9.17, 15) is 0 Å². The molecule has 1 aliphatic rings. The van der Waals surface area contributed by atoms with E-state index in [1.54, 1.807) is 11.3 Å². The van der Waals surface area contributed by atoms with Gasteiger partial charge in [0.2, 0.25) is 0 Å².